The van der Waals surface area contributed by atoms with E-state index in [1.54, 1.807) is 28.5 Å². The maximum absolute atomic E-state index is 14.9. The van der Waals surface area contributed by atoms with Crippen LogP contribution >= 0.6 is 25.3 Å². The first-order chi connectivity index (χ1) is 48.8. The molecule has 3 aliphatic heterocycles. The average molecular weight is 1500 g/mol. The molecule has 1 aromatic rings. The summed E-state index contributed by atoms with van der Waals surface area (Å²) < 4.78 is 10.9. The summed E-state index contributed by atoms with van der Waals surface area (Å²) in [5.41, 5.74) is 5.92. The van der Waals surface area contributed by atoms with Gasteiger partial charge in [0.05, 0.1) is 39.5 Å². The number of primary amides is 1. The molecule has 37 heteroatoms. The number of rotatable bonds is 43. The van der Waals surface area contributed by atoms with Crippen molar-refractivity contribution < 1.29 is 102 Å². The summed E-state index contributed by atoms with van der Waals surface area (Å²) >= 11 is 8.37. The molecule has 0 bridgehead atoms. The lowest BCUT2D eigenvalue weighted by Crippen LogP contribution is -2.61. The number of aliphatic carboxylic acids is 3. The molecule has 578 valence electrons. The molecule has 4 rings (SSSR count). The van der Waals surface area contributed by atoms with Crippen LogP contribution in [0.25, 0.3) is 0 Å². The largest absolute Gasteiger partial charge is 0.508 e. The Morgan fingerprint density at radius 3 is 1.59 bits per heavy atom. The number of hydrogen-bond acceptors (Lipinski definition) is 23. The molecule has 35 nitrogen and oxygen atoms in total. The standard InChI is InChI=1S/C66H106N14O21S2/c1-7-40(6)55(62(95)71-45(32-41-12-14-42(82)15-13-41)64(96)79-19-8-10-48(79)60(93)70-44(31-39(4)5)57(90)69-43(30-38(2)3)58(91)73-47(37-102)56(67)89)75-59(92)46(35-81)72-61(94)49-11-9-20-80(49)65(97)63(103)74-52(84)36-101-29-28-100-27-18-68-51(83)17-16-50(66(98)99)78-25-23-76(33-53(85)86)21-22-77(24-26-78)34-54(87)88/h12-15,38-40,43-50,55,63,81-82,102-103H,7-11,16-37H2,1-6H3,(H2,67,89)(H,68,83)(H,69,90)(H,70,93)(H,71,95)(H,72,94)(H,73,91)(H,74,84)(H,75,92)(H,85,86)(H,87,88)(H,98,99)/t40-,43-,44-,45-,46-,47-,48-,49-,50?,55-,63?/m0/s1. The first kappa shape index (κ1) is 87.5. The zero-order chi connectivity index (χ0) is 76.6. The molecular formula is C66H106N14O21S2. The SMILES string of the molecule is CC[C@H](C)[C@H](NC(=O)[C@H](CO)NC(=O)[C@@H]1CCCN1C(=O)C(S)NC(=O)COCCOCCNC(=O)CCC(C(=O)O)N1CCN(CC(=O)O)CCN(CC(=O)O)CC1)C(=O)N[C@@H](Cc1ccc(O)cc1)C(=O)N1CCC[C@H]1C(=O)N[C@@H](CC(C)C)C(=O)N[C@@H](CC(C)C)C(=O)N[C@@H](CS)C(N)=O. The highest BCUT2D eigenvalue weighted by Crippen LogP contribution is 2.24. The van der Waals surface area contributed by atoms with E-state index >= 15 is 0 Å². The Kier molecular flexibility index (Phi) is 37.9. The van der Waals surface area contributed by atoms with Gasteiger partial charge in [-0.1, -0.05) is 60.1 Å². The van der Waals surface area contributed by atoms with Gasteiger partial charge in [0.2, 0.25) is 59.1 Å². The molecule has 0 aliphatic carbocycles. The Morgan fingerprint density at radius 1 is 0.592 bits per heavy atom. The van der Waals surface area contributed by atoms with Crippen molar-refractivity contribution in [3.05, 3.63) is 29.8 Å². The third-order valence-electron chi connectivity index (χ3n) is 17.7. The molecule has 1 aromatic carbocycles. The van der Waals surface area contributed by atoms with Crippen LogP contribution in [-0.4, -0.2) is 303 Å². The number of carbonyl (C=O) groups is 14. The molecule has 103 heavy (non-hydrogen) atoms. The second-order valence-electron chi connectivity index (χ2n) is 26.7. The number of carboxylic acids is 3. The Labute approximate surface area is 610 Å². The van der Waals surface area contributed by atoms with Crippen LogP contribution in [0.2, 0.25) is 0 Å². The Balaban J connectivity index is 1.31. The maximum atomic E-state index is 14.9. The van der Waals surface area contributed by atoms with Crippen LogP contribution in [0.15, 0.2) is 24.3 Å². The lowest BCUT2D eigenvalue weighted by atomic mass is 9.96. The van der Waals surface area contributed by atoms with Crippen LogP contribution in [0.1, 0.15) is 105 Å². The summed E-state index contributed by atoms with van der Waals surface area (Å²) in [6.45, 7) is 9.98. The molecular weight excluding hydrogens is 1390 g/mol. The molecule has 15 N–H and O–H groups in total. The van der Waals surface area contributed by atoms with Gasteiger partial charge in [-0.05, 0) is 80.4 Å². The maximum Gasteiger partial charge on any atom is 0.320 e. The van der Waals surface area contributed by atoms with Gasteiger partial charge in [0.15, 0.2) is 5.37 Å². The van der Waals surface area contributed by atoms with E-state index in [-0.39, 0.29) is 160 Å². The van der Waals surface area contributed by atoms with Crippen LogP contribution in [0.3, 0.4) is 0 Å². The number of aromatic hydroxyl groups is 1. The molecule has 0 aromatic heterocycles. The minimum atomic E-state index is -1.67. The van der Waals surface area contributed by atoms with Gasteiger partial charge in [0.1, 0.15) is 66.7 Å². The Hall–Kier alpha value is -7.94. The van der Waals surface area contributed by atoms with Crippen LogP contribution in [0, 0.1) is 17.8 Å². The first-order valence-electron chi connectivity index (χ1n) is 34.7. The number of nitrogens with zero attached hydrogens (tertiary/aromatic N) is 5. The van der Waals surface area contributed by atoms with Gasteiger partial charge in [-0.3, -0.25) is 81.8 Å². The molecule has 3 heterocycles. The van der Waals surface area contributed by atoms with Crippen molar-refractivity contribution in [1.29, 1.82) is 0 Å². The van der Waals surface area contributed by atoms with Gasteiger partial charge in [-0.15, -0.1) is 12.6 Å². The highest BCUT2D eigenvalue weighted by atomic mass is 32.1. The molecule has 0 spiro atoms. The van der Waals surface area contributed by atoms with E-state index in [4.69, 9.17) is 15.2 Å². The smallest absolute Gasteiger partial charge is 0.320 e. The lowest BCUT2D eigenvalue weighted by Gasteiger charge is -2.32. The van der Waals surface area contributed by atoms with Crippen LogP contribution in [0.4, 0.5) is 0 Å². The van der Waals surface area contributed by atoms with Crippen molar-refractivity contribution in [2.24, 2.45) is 23.5 Å². The fraction of sp³-hybridized carbons (Fsp3) is 0.697. The van der Waals surface area contributed by atoms with E-state index in [2.05, 4.69) is 67.8 Å². The number of phenols is 1. The van der Waals surface area contributed by atoms with Gasteiger partial charge >= 0.3 is 17.9 Å². The second-order valence-corrected chi connectivity index (χ2v) is 27.6. The van der Waals surface area contributed by atoms with Gasteiger partial charge in [-0.25, -0.2) is 0 Å². The number of nitrogens with two attached hydrogens (primary N) is 1. The number of ether oxygens (including phenoxy) is 2. The average Bonchev–Trinajstić information content (AvgIpc) is 1.75. The summed E-state index contributed by atoms with van der Waals surface area (Å²) in [5.74, 6) is -12.6. The van der Waals surface area contributed by atoms with E-state index in [0.717, 1.165) is 4.90 Å². The number of aliphatic hydroxyl groups is 1. The number of aliphatic hydroxyl groups excluding tert-OH is 1. The minimum absolute atomic E-state index is 0.0188. The van der Waals surface area contributed by atoms with Crippen molar-refractivity contribution >= 4 is 108 Å². The van der Waals surface area contributed by atoms with E-state index in [9.17, 15) is 92.7 Å². The normalized spacial score (nSPS) is 18.7. The number of phenolic OH excluding ortho intramolecular Hbond substituents is 1. The Morgan fingerprint density at radius 2 is 1.09 bits per heavy atom. The number of carbonyl (C=O) groups excluding carboxylic acids is 11. The van der Waals surface area contributed by atoms with Crippen LogP contribution in [-0.2, 0) is 83.0 Å². The Bertz CT molecular complexity index is 3020. The summed E-state index contributed by atoms with van der Waals surface area (Å²) in [7, 11) is 0. The van der Waals surface area contributed by atoms with Crippen LogP contribution in [0.5, 0.6) is 5.75 Å². The highest BCUT2D eigenvalue weighted by molar-refractivity contribution is 7.81. The molecule has 2 unspecified atom stereocenters. The monoisotopic (exact) mass is 1490 g/mol. The fourth-order valence-electron chi connectivity index (χ4n) is 12.0. The summed E-state index contributed by atoms with van der Waals surface area (Å²) in [5, 5.41) is 68.9. The van der Waals surface area contributed by atoms with E-state index in [0.29, 0.717) is 24.8 Å². The molecule has 3 saturated heterocycles. The van der Waals surface area contributed by atoms with Crippen molar-refractivity contribution in [3.8, 4) is 5.75 Å². The zero-order valence-corrected chi connectivity index (χ0v) is 61.2. The van der Waals surface area contributed by atoms with Crippen molar-refractivity contribution in [3.63, 3.8) is 0 Å². The van der Waals surface area contributed by atoms with Gasteiger partial charge in [0, 0.05) is 77.5 Å². The minimum Gasteiger partial charge on any atom is -0.508 e. The predicted molar refractivity (Wildman–Crippen MR) is 377 cm³/mol. The van der Waals surface area contributed by atoms with E-state index in [1.165, 1.54) is 29.2 Å². The van der Waals surface area contributed by atoms with Crippen molar-refractivity contribution in [2.45, 2.75) is 166 Å². The van der Waals surface area contributed by atoms with Crippen LogP contribution < -0.4 is 48.3 Å². The quantitative estimate of drug-likeness (QED) is 0.0169. The lowest BCUT2D eigenvalue weighted by molar-refractivity contribution is -0.145. The number of carboxylic acid groups (broad SMARTS) is 3. The van der Waals surface area contributed by atoms with Gasteiger partial charge in [-0.2, -0.15) is 12.6 Å². The van der Waals surface area contributed by atoms with Gasteiger partial charge in [0.25, 0.3) is 5.91 Å². The third kappa shape index (κ3) is 30.0. The topological polar surface area (TPSA) is 497 Å². The summed E-state index contributed by atoms with van der Waals surface area (Å²) in [6.07, 6.45) is 1.16. The third-order valence-corrected chi connectivity index (χ3v) is 18.4. The fourth-order valence-corrected chi connectivity index (χ4v) is 12.6. The van der Waals surface area contributed by atoms with E-state index in [1.807, 2.05) is 27.7 Å². The zero-order valence-electron chi connectivity index (χ0n) is 59.4. The van der Waals surface area contributed by atoms with Gasteiger partial charge < -0.3 is 93.1 Å². The van der Waals surface area contributed by atoms with Crippen molar-refractivity contribution in [2.75, 3.05) is 111 Å². The van der Waals surface area contributed by atoms with E-state index < -0.39 is 162 Å². The number of amides is 11. The molecule has 0 saturated carbocycles. The summed E-state index contributed by atoms with van der Waals surface area (Å²) in [4.78, 5) is 193. The number of likely N-dealkylation sites (tertiary alicyclic amines) is 2. The number of thiol groups is 2. The highest BCUT2D eigenvalue weighted by Gasteiger charge is 2.43. The number of benzene rings is 1. The predicted octanol–water partition coefficient (Wildman–Crippen LogP) is -3.79. The molecule has 0 radical (unpaired) electrons. The van der Waals surface area contributed by atoms with Crippen molar-refractivity contribution in [1.82, 2.24) is 67.0 Å². The number of hydrogen-bond donors (Lipinski definition) is 16. The first-order valence-corrected chi connectivity index (χ1v) is 35.9. The molecule has 3 fully saturated rings. The second kappa shape index (κ2) is 44.7. The molecule has 11 atom stereocenters. The number of nitrogens with one attached hydrogen (secondary N) is 8. The molecule has 11 amide bonds. The summed E-state index contributed by atoms with van der Waals surface area (Å²) in [6, 6.07) is -5.46. The molecule has 3 aliphatic rings.